The summed E-state index contributed by atoms with van der Waals surface area (Å²) < 4.78 is 25.0. The second-order valence-corrected chi connectivity index (χ2v) is 18.3. The lowest BCUT2D eigenvalue weighted by Gasteiger charge is -2.24. The molecule has 2 fully saturated rings. The van der Waals surface area contributed by atoms with Crippen molar-refractivity contribution < 1.29 is 33.4 Å². The predicted octanol–water partition coefficient (Wildman–Crippen LogP) is 13.6. The third-order valence-electron chi connectivity index (χ3n) is 13.2. The highest BCUT2D eigenvalue weighted by atomic mass is 79.9. The van der Waals surface area contributed by atoms with Gasteiger partial charge < -0.3 is 23.3 Å². The normalized spacial score (nSPS) is 14.5. The van der Waals surface area contributed by atoms with Crippen LogP contribution in [0, 0.1) is 20.8 Å². The largest absolute Gasteiger partial charge is 0.491 e. The van der Waals surface area contributed by atoms with E-state index in [-0.39, 0.29) is 12.3 Å². The molecule has 10 rings (SSSR count). The van der Waals surface area contributed by atoms with Crippen molar-refractivity contribution in [3.63, 3.8) is 0 Å². The molecule has 0 bridgehead atoms. The van der Waals surface area contributed by atoms with Gasteiger partial charge in [-0.15, -0.1) is 0 Å². The van der Waals surface area contributed by atoms with Gasteiger partial charge in [0, 0.05) is 27.4 Å². The summed E-state index contributed by atoms with van der Waals surface area (Å²) >= 11 is 3.96. The van der Waals surface area contributed by atoms with Crippen LogP contribution in [-0.2, 0) is 38.9 Å². The minimum atomic E-state index is 0.250. The molecule has 342 valence electrons. The molecular formula is C56H59BrN2O7. The quantitative estimate of drug-likeness (QED) is 0.142. The van der Waals surface area contributed by atoms with Crippen LogP contribution >= 0.6 is 15.9 Å². The molecule has 1 aliphatic heterocycles. The van der Waals surface area contributed by atoms with Gasteiger partial charge in [0.05, 0.1) is 23.4 Å². The average molecular weight is 952 g/mol. The molecule has 7 aromatic rings. The van der Waals surface area contributed by atoms with E-state index in [0.717, 1.165) is 35.9 Å². The van der Waals surface area contributed by atoms with E-state index in [0.29, 0.717) is 31.7 Å². The summed E-state index contributed by atoms with van der Waals surface area (Å²) in [7, 11) is 0. The Kier molecular flexibility index (Phi) is 16.9. The number of hydrogen-bond acceptors (Lipinski definition) is 7. The van der Waals surface area contributed by atoms with Crippen LogP contribution in [0.2, 0.25) is 0 Å². The first-order valence-electron chi connectivity index (χ1n) is 23.3. The summed E-state index contributed by atoms with van der Waals surface area (Å²) in [5.41, 5.74) is 13.2. The van der Waals surface area contributed by atoms with E-state index in [1.807, 2.05) is 18.2 Å². The number of aromatic nitrogens is 2. The second kappa shape index (κ2) is 23.3. The molecule has 2 saturated carbocycles. The molecule has 0 saturated heterocycles. The van der Waals surface area contributed by atoms with E-state index in [2.05, 4.69) is 137 Å². The fourth-order valence-electron chi connectivity index (χ4n) is 10.2. The van der Waals surface area contributed by atoms with Gasteiger partial charge in [-0.1, -0.05) is 117 Å². The smallest absolute Gasteiger partial charge is 0.373 e. The predicted molar refractivity (Wildman–Crippen MR) is 261 cm³/mol. The molecule has 9 nitrogen and oxygen atoms in total. The third-order valence-corrected chi connectivity index (χ3v) is 14.0. The fraction of sp³-hybridized carbons (Fsp3) is 0.357. The van der Waals surface area contributed by atoms with Gasteiger partial charge in [-0.05, 0) is 138 Å². The number of ether oxygens (including phenoxy) is 3. The second-order valence-electron chi connectivity index (χ2n) is 17.5. The first-order chi connectivity index (χ1) is 32.3. The summed E-state index contributed by atoms with van der Waals surface area (Å²) in [6.45, 7) is 10.0. The highest BCUT2D eigenvalue weighted by molar-refractivity contribution is 9.10. The molecule has 3 aliphatic rings. The summed E-state index contributed by atoms with van der Waals surface area (Å²) in [5, 5.41) is 2.83. The van der Waals surface area contributed by atoms with Crippen molar-refractivity contribution >= 4 is 50.0 Å². The number of para-hydroxylation sites is 2. The number of nitrogens with zero attached hydrogens (tertiary/aromatic N) is 2. The monoisotopic (exact) mass is 950 g/mol. The Morgan fingerprint density at radius 1 is 0.636 bits per heavy atom. The van der Waals surface area contributed by atoms with Gasteiger partial charge in [-0.3, -0.25) is 0 Å². The van der Waals surface area contributed by atoms with Crippen LogP contribution in [0.3, 0.4) is 0 Å². The number of aryl methyl sites for hydroxylation is 3. The van der Waals surface area contributed by atoms with Crippen molar-refractivity contribution in [3.8, 4) is 28.5 Å². The van der Waals surface area contributed by atoms with Crippen LogP contribution in [0.1, 0.15) is 109 Å². The maximum atomic E-state index is 8.12. The Hall–Kier alpha value is -6.18. The maximum Gasteiger partial charge on any atom is 0.373 e. The first-order valence-corrected chi connectivity index (χ1v) is 24.1. The topological polar surface area (TPSA) is 106 Å². The first kappa shape index (κ1) is 47.8. The van der Waals surface area contributed by atoms with Crippen molar-refractivity contribution in [1.82, 2.24) is 9.13 Å². The molecule has 2 aromatic heterocycles. The van der Waals surface area contributed by atoms with Gasteiger partial charge in [0.1, 0.15) is 25.6 Å². The van der Waals surface area contributed by atoms with Crippen molar-refractivity contribution in [2.75, 3.05) is 13.2 Å². The molecule has 0 N–H and O–H groups in total. The van der Waals surface area contributed by atoms with Gasteiger partial charge in [0.2, 0.25) is 0 Å². The van der Waals surface area contributed by atoms with E-state index >= 15 is 0 Å². The van der Waals surface area contributed by atoms with E-state index in [4.69, 9.17) is 33.4 Å². The molecule has 2 aliphatic carbocycles. The average Bonchev–Trinajstić information content (AvgIpc) is 3.71. The number of hydrogen-bond donors (Lipinski definition) is 0. The zero-order valence-electron chi connectivity index (χ0n) is 38.3. The zero-order valence-corrected chi connectivity index (χ0v) is 39.9. The van der Waals surface area contributed by atoms with E-state index in [9.17, 15) is 0 Å². The van der Waals surface area contributed by atoms with Crippen LogP contribution in [0.4, 0.5) is 0 Å². The minimum Gasteiger partial charge on any atom is -0.491 e. The molecule has 5 aromatic carbocycles. The van der Waals surface area contributed by atoms with Crippen molar-refractivity contribution in [2.24, 2.45) is 0 Å². The maximum absolute atomic E-state index is 8.12. The molecule has 3 heterocycles. The highest BCUT2D eigenvalue weighted by Gasteiger charge is 2.30. The molecule has 0 spiro atoms. The number of halogens is 1. The van der Waals surface area contributed by atoms with Crippen LogP contribution in [0.5, 0.6) is 17.2 Å². The van der Waals surface area contributed by atoms with E-state index in [1.54, 1.807) is 0 Å². The molecule has 0 amide bonds. The Morgan fingerprint density at radius 3 is 1.86 bits per heavy atom. The Morgan fingerprint density at radius 2 is 1.21 bits per heavy atom. The van der Waals surface area contributed by atoms with Gasteiger partial charge in [0.15, 0.2) is 11.5 Å². The van der Waals surface area contributed by atoms with E-state index in [1.165, 1.54) is 130 Å². The molecular weight excluding hydrogens is 893 g/mol. The minimum absolute atomic E-state index is 0.250. The number of benzene rings is 5. The van der Waals surface area contributed by atoms with Crippen LogP contribution < -0.4 is 14.2 Å². The van der Waals surface area contributed by atoms with Crippen LogP contribution in [-0.4, -0.2) is 34.7 Å². The summed E-state index contributed by atoms with van der Waals surface area (Å²) in [4.78, 5) is 32.5. The lowest BCUT2D eigenvalue weighted by atomic mass is 9.81. The summed E-state index contributed by atoms with van der Waals surface area (Å²) in [6, 6.07) is 38.8. The number of rotatable bonds is 9. The van der Waals surface area contributed by atoms with Crippen LogP contribution in [0.15, 0.2) is 114 Å². The van der Waals surface area contributed by atoms with Gasteiger partial charge in [-0.2, -0.15) is 19.2 Å². The number of carbonyl (C=O) groups excluding carboxylic acids is 4. The van der Waals surface area contributed by atoms with Gasteiger partial charge in [0.25, 0.3) is 0 Å². The molecule has 0 unspecified atom stereocenters. The number of fused-ring (bicyclic) bond motifs is 6. The SMILES string of the molecule is Cc1ccc2c(C3CCCCC3)c(Br)n(CCOc3ccccc3C)c2c1.Cc1ccc2c(C3CCCCC3)c3n(c2c1)CCOc1c(OCc2ccccc2)cccc1-3.O=C=O.O=C=O. The summed E-state index contributed by atoms with van der Waals surface area (Å²) in [5.74, 6) is 4.00. The summed E-state index contributed by atoms with van der Waals surface area (Å²) in [6.07, 6.45) is 13.8. The van der Waals surface area contributed by atoms with Crippen molar-refractivity contribution in [1.29, 1.82) is 0 Å². The Bertz CT molecular complexity index is 2770. The molecule has 66 heavy (non-hydrogen) atoms. The lowest BCUT2D eigenvalue weighted by molar-refractivity contribution is -0.193. The Balaban J connectivity index is 0.000000179. The molecule has 0 atom stereocenters. The van der Waals surface area contributed by atoms with Crippen molar-refractivity contribution in [2.45, 2.75) is 117 Å². The lowest BCUT2D eigenvalue weighted by Crippen LogP contribution is -2.10. The third kappa shape index (κ3) is 11.1. The van der Waals surface area contributed by atoms with E-state index < -0.39 is 0 Å². The van der Waals surface area contributed by atoms with Crippen LogP contribution in [0.25, 0.3) is 33.1 Å². The molecule has 10 heteroatoms. The van der Waals surface area contributed by atoms with Gasteiger partial charge >= 0.3 is 12.3 Å². The fourth-order valence-corrected chi connectivity index (χ4v) is 11.1. The zero-order chi connectivity index (χ0) is 46.4. The van der Waals surface area contributed by atoms with Gasteiger partial charge in [-0.25, -0.2) is 0 Å². The standard InChI is InChI=1S/C30H31NO2.C24H28BrNO.2CO2/c1-21-15-16-24-26(19-21)31-17-18-32-30-25(29(31)28(24)23-11-6-3-7-12-23)13-8-14-27(30)33-20-22-9-4-2-5-10-22;1-17-12-13-20-21(16-17)26(14-15-27-22-11-7-6-8-18(22)2)24(25)23(20)19-9-4-3-5-10-19;2*2-1-3/h2,4-5,8-10,13-16,19,23H,3,6-7,11-12,17-18,20H2,1H3;6-8,11-13,16,19H,3-5,9-10,14-15H2,1-2H3;;. The molecule has 0 radical (unpaired) electrons. The highest BCUT2D eigenvalue weighted by Crippen LogP contribution is 2.49. The van der Waals surface area contributed by atoms with Crippen molar-refractivity contribution in [3.05, 3.63) is 147 Å². The Labute approximate surface area is 396 Å².